The highest BCUT2D eigenvalue weighted by Crippen LogP contribution is 2.22. The van der Waals surface area contributed by atoms with Gasteiger partial charge in [0, 0.05) is 19.3 Å². The first kappa shape index (κ1) is 17.4. The van der Waals surface area contributed by atoms with Gasteiger partial charge in [-0.15, -0.1) is 17.9 Å². The molecule has 0 unspecified atom stereocenters. The quantitative estimate of drug-likeness (QED) is 0.379. The number of hydrogen-bond acceptors (Lipinski definition) is 5. The molecule has 0 N–H and O–H groups in total. The van der Waals surface area contributed by atoms with Gasteiger partial charge < -0.3 is 4.90 Å². The third-order valence-electron chi connectivity index (χ3n) is 3.70. The van der Waals surface area contributed by atoms with Crippen LogP contribution in [0, 0.1) is 0 Å². The van der Waals surface area contributed by atoms with Crippen molar-refractivity contribution in [2.24, 2.45) is 0 Å². The Kier molecular flexibility index (Phi) is 5.35. The lowest BCUT2D eigenvalue weighted by Crippen LogP contribution is -2.28. The number of amides is 1. The molecule has 0 spiro atoms. The van der Waals surface area contributed by atoms with E-state index >= 15 is 0 Å². The van der Waals surface area contributed by atoms with E-state index in [0.717, 1.165) is 5.69 Å². The Balaban J connectivity index is 1.83. The average Bonchev–Trinajstić information content (AvgIpc) is 3.11. The highest BCUT2D eigenvalue weighted by molar-refractivity contribution is 7.99. The largest absolute Gasteiger partial charge is 0.315 e. The van der Waals surface area contributed by atoms with Gasteiger partial charge in [-0.2, -0.15) is 0 Å². The minimum atomic E-state index is -0.0995. The van der Waals surface area contributed by atoms with E-state index in [-0.39, 0.29) is 17.2 Å². The Bertz CT molecular complexity index is 963. The second-order valence-electron chi connectivity index (χ2n) is 5.32. The maximum atomic E-state index is 12.6. The van der Waals surface area contributed by atoms with Gasteiger partial charge in [0.15, 0.2) is 5.16 Å². The number of carbonyl (C=O) groups excluding carboxylic acids is 1. The predicted molar refractivity (Wildman–Crippen MR) is 105 cm³/mol. The lowest BCUT2D eigenvalue weighted by molar-refractivity contribution is -0.115. The van der Waals surface area contributed by atoms with Crippen molar-refractivity contribution in [3.63, 3.8) is 0 Å². The highest BCUT2D eigenvalue weighted by Gasteiger charge is 2.16. The molecular formula is C18H17N3O2S2. The van der Waals surface area contributed by atoms with Crippen LogP contribution in [-0.2, 0) is 11.3 Å². The van der Waals surface area contributed by atoms with E-state index in [9.17, 15) is 9.59 Å². The molecule has 1 amide bonds. The molecular weight excluding hydrogens is 354 g/mol. The molecule has 2 aromatic heterocycles. The fourth-order valence-electron chi connectivity index (χ4n) is 2.35. The van der Waals surface area contributed by atoms with E-state index in [1.165, 1.54) is 23.1 Å². The van der Waals surface area contributed by atoms with E-state index < -0.39 is 0 Å². The molecule has 0 saturated carbocycles. The number of thioether (sulfide) groups is 1. The molecule has 2 heterocycles. The molecule has 0 aliphatic rings. The zero-order chi connectivity index (χ0) is 17.8. The molecule has 7 heteroatoms. The number of aromatic nitrogens is 2. The molecule has 3 rings (SSSR count). The van der Waals surface area contributed by atoms with Gasteiger partial charge >= 0.3 is 0 Å². The number of para-hydroxylation sites is 1. The van der Waals surface area contributed by atoms with Crippen molar-refractivity contribution in [3.05, 3.63) is 64.8 Å². The summed E-state index contributed by atoms with van der Waals surface area (Å²) < 4.78 is 1.56. The third kappa shape index (κ3) is 3.67. The lowest BCUT2D eigenvalue weighted by Gasteiger charge is -2.17. The number of allylic oxidation sites excluding steroid dienone is 1. The summed E-state index contributed by atoms with van der Waals surface area (Å²) >= 11 is 2.69. The maximum absolute atomic E-state index is 12.6. The molecule has 1 aromatic carbocycles. The number of benzene rings is 1. The molecule has 5 nitrogen and oxygen atoms in total. The van der Waals surface area contributed by atoms with E-state index in [0.29, 0.717) is 21.9 Å². The lowest BCUT2D eigenvalue weighted by atomic mass is 10.3. The normalized spacial score (nSPS) is 10.8. The van der Waals surface area contributed by atoms with Gasteiger partial charge in [0.05, 0.1) is 11.1 Å². The molecule has 0 atom stereocenters. The van der Waals surface area contributed by atoms with Crippen LogP contribution in [0.4, 0.5) is 5.69 Å². The van der Waals surface area contributed by atoms with Crippen LogP contribution in [0.5, 0.6) is 0 Å². The van der Waals surface area contributed by atoms with Gasteiger partial charge in [-0.1, -0.05) is 36.0 Å². The first-order valence-electron chi connectivity index (χ1n) is 7.65. The predicted octanol–water partition coefficient (Wildman–Crippen LogP) is 3.40. The van der Waals surface area contributed by atoms with Gasteiger partial charge in [-0.3, -0.25) is 14.2 Å². The first-order valence-corrected chi connectivity index (χ1v) is 9.51. The van der Waals surface area contributed by atoms with Crippen LogP contribution in [0.25, 0.3) is 10.2 Å². The Morgan fingerprint density at radius 3 is 2.84 bits per heavy atom. The first-order chi connectivity index (χ1) is 12.1. The third-order valence-corrected chi connectivity index (χ3v) is 5.47. The average molecular weight is 371 g/mol. The molecule has 0 aliphatic heterocycles. The van der Waals surface area contributed by atoms with Gasteiger partial charge in [0.1, 0.15) is 4.83 Å². The number of anilines is 1. The number of hydrogen-bond donors (Lipinski definition) is 0. The molecule has 0 bridgehead atoms. The van der Waals surface area contributed by atoms with Crippen LogP contribution in [0.15, 0.2) is 64.4 Å². The van der Waals surface area contributed by atoms with E-state index in [1.54, 1.807) is 28.7 Å². The molecule has 0 aliphatic carbocycles. The molecule has 0 radical (unpaired) electrons. The molecule has 0 saturated heterocycles. The standard InChI is InChI=1S/C18H17N3O2S2/c1-3-10-21-17(23)14-9-11-24-16(14)19-18(21)25-12-15(22)20(2)13-7-5-4-6-8-13/h3-9,11H,1,10,12H2,2H3. The van der Waals surface area contributed by atoms with Crippen molar-refractivity contribution < 1.29 is 4.79 Å². The van der Waals surface area contributed by atoms with E-state index in [2.05, 4.69) is 11.6 Å². The summed E-state index contributed by atoms with van der Waals surface area (Å²) in [5.74, 6) is 0.146. The van der Waals surface area contributed by atoms with Crippen molar-refractivity contribution in [2.75, 3.05) is 17.7 Å². The summed E-state index contributed by atoms with van der Waals surface area (Å²) in [6.07, 6.45) is 1.66. The number of rotatable bonds is 6. The fraction of sp³-hybridized carbons (Fsp3) is 0.167. The number of fused-ring (bicyclic) bond motifs is 1. The minimum Gasteiger partial charge on any atom is -0.315 e. The Labute approximate surface area is 153 Å². The van der Waals surface area contributed by atoms with Crippen LogP contribution >= 0.6 is 23.1 Å². The highest BCUT2D eigenvalue weighted by atomic mass is 32.2. The SMILES string of the molecule is C=CCn1c(SCC(=O)N(C)c2ccccc2)nc2sccc2c1=O. The van der Waals surface area contributed by atoms with Crippen LogP contribution < -0.4 is 10.5 Å². The van der Waals surface area contributed by atoms with Crippen LogP contribution in [0.1, 0.15) is 0 Å². The Morgan fingerprint density at radius 1 is 1.36 bits per heavy atom. The zero-order valence-corrected chi connectivity index (χ0v) is 15.3. The van der Waals surface area contributed by atoms with E-state index in [4.69, 9.17) is 0 Å². The second-order valence-corrected chi connectivity index (χ2v) is 7.15. The monoisotopic (exact) mass is 371 g/mol. The summed E-state index contributed by atoms with van der Waals surface area (Å²) in [7, 11) is 1.74. The van der Waals surface area contributed by atoms with Crippen molar-refractivity contribution in [3.8, 4) is 0 Å². The van der Waals surface area contributed by atoms with Crippen molar-refractivity contribution in [2.45, 2.75) is 11.7 Å². The van der Waals surface area contributed by atoms with Crippen molar-refractivity contribution >= 4 is 44.9 Å². The number of nitrogens with zero attached hydrogens (tertiary/aromatic N) is 3. The Hall–Kier alpha value is -2.38. The summed E-state index contributed by atoms with van der Waals surface area (Å²) in [4.78, 5) is 31.9. The van der Waals surface area contributed by atoms with Crippen molar-refractivity contribution in [1.82, 2.24) is 9.55 Å². The molecule has 128 valence electrons. The topological polar surface area (TPSA) is 55.2 Å². The van der Waals surface area contributed by atoms with Crippen molar-refractivity contribution in [1.29, 1.82) is 0 Å². The summed E-state index contributed by atoms with van der Waals surface area (Å²) in [5, 5.41) is 2.98. The van der Waals surface area contributed by atoms with E-state index in [1.807, 2.05) is 35.7 Å². The maximum Gasteiger partial charge on any atom is 0.263 e. The molecule has 25 heavy (non-hydrogen) atoms. The van der Waals surface area contributed by atoms with Gasteiger partial charge in [-0.25, -0.2) is 4.98 Å². The fourth-order valence-corrected chi connectivity index (χ4v) is 4.08. The van der Waals surface area contributed by atoms with Crippen LogP contribution in [0.3, 0.4) is 0 Å². The van der Waals surface area contributed by atoms with Gasteiger partial charge in [0.25, 0.3) is 5.56 Å². The van der Waals surface area contributed by atoms with Crippen LogP contribution in [-0.4, -0.2) is 28.3 Å². The summed E-state index contributed by atoms with van der Waals surface area (Å²) in [5.41, 5.74) is 0.732. The zero-order valence-electron chi connectivity index (χ0n) is 13.7. The Morgan fingerprint density at radius 2 is 2.12 bits per heavy atom. The van der Waals surface area contributed by atoms with Gasteiger partial charge in [-0.05, 0) is 23.6 Å². The molecule has 3 aromatic rings. The van der Waals surface area contributed by atoms with Gasteiger partial charge in [0.2, 0.25) is 5.91 Å². The van der Waals surface area contributed by atoms with Crippen LogP contribution in [0.2, 0.25) is 0 Å². The smallest absolute Gasteiger partial charge is 0.263 e. The summed E-state index contributed by atoms with van der Waals surface area (Å²) in [6, 6.07) is 11.2. The summed E-state index contributed by atoms with van der Waals surface area (Å²) in [6.45, 7) is 4.06. The number of carbonyl (C=O) groups is 1. The molecule has 0 fully saturated rings. The number of thiophene rings is 1. The second kappa shape index (κ2) is 7.67. The minimum absolute atomic E-state index is 0.0538.